The second kappa shape index (κ2) is 8.19. The van der Waals surface area contributed by atoms with Gasteiger partial charge in [0.2, 0.25) is 5.75 Å². The molecule has 0 aliphatic carbocycles. The summed E-state index contributed by atoms with van der Waals surface area (Å²) in [6, 6.07) is 11.9. The van der Waals surface area contributed by atoms with Gasteiger partial charge in [0.1, 0.15) is 5.75 Å². The van der Waals surface area contributed by atoms with Crippen molar-refractivity contribution in [3.63, 3.8) is 0 Å². The normalized spacial score (nSPS) is 15.0. The Bertz CT molecular complexity index is 700. The number of benzene rings is 2. The van der Waals surface area contributed by atoms with Gasteiger partial charge < -0.3 is 24.2 Å². The number of nitrogens with zero attached hydrogens (tertiary/aromatic N) is 2. The Morgan fingerprint density at radius 3 is 1.92 bits per heavy atom. The molecular weight excluding hydrogens is 332 g/mol. The van der Waals surface area contributed by atoms with E-state index < -0.39 is 0 Å². The van der Waals surface area contributed by atoms with Gasteiger partial charge in [-0.05, 0) is 42.0 Å². The van der Waals surface area contributed by atoms with Gasteiger partial charge in [-0.25, -0.2) is 0 Å². The highest BCUT2D eigenvalue weighted by atomic mass is 16.5. The van der Waals surface area contributed by atoms with Crippen molar-refractivity contribution in [2.45, 2.75) is 6.54 Å². The van der Waals surface area contributed by atoms with Crippen molar-refractivity contribution in [3.8, 4) is 23.0 Å². The predicted octanol–water partition coefficient (Wildman–Crippen LogP) is 2.74. The van der Waals surface area contributed by atoms with Crippen LogP contribution in [0, 0.1) is 0 Å². The molecule has 0 bridgehead atoms. The summed E-state index contributed by atoms with van der Waals surface area (Å²) in [7, 11) is 4.78. The topological polar surface area (TPSA) is 54.4 Å². The number of phenolic OH excluding ortho intramolecular Hbond substituents is 1. The van der Waals surface area contributed by atoms with Crippen LogP contribution in [0.25, 0.3) is 0 Å². The summed E-state index contributed by atoms with van der Waals surface area (Å²) in [5.41, 5.74) is 2.29. The zero-order valence-electron chi connectivity index (χ0n) is 15.6. The zero-order chi connectivity index (χ0) is 18.5. The minimum atomic E-state index is 0.0445. The van der Waals surface area contributed by atoms with Crippen molar-refractivity contribution in [3.05, 3.63) is 42.0 Å². The van der Waals surface area contributed by atoms with E-state index in [4.69, 9.17) is 14.2 Å². The number of rotatable bonds is 6. The molecule has 0 saturated carbocycles. The largest absolute Gasteiger partial charge is 0.502 e. The molecule has 1 heterocycles. The summed E-state index contributed by atoms with van der Waals surface area (Å²) in [4.78, 5) is 4.78. The van der Waals surface area contributed by atoms with Crippen LogP contribution in [-0.2, 0) is 6.54 Å². The second-order valence-electron chi connectivity index (χ2n) is 6.31. The van der Waals surface area contributed by atoms with Crippen LogP contribution in [0.5, 0.6) is 23.0 Å². The molecule has 1 saturated heterocycles. The van der Waals surface area contributed by atoms with Gasteiger partial charge in [-0.2, -0.15) is 0 Å². The molecule has 140 valence electrons. The number of aromatic hydroxyl groups is 1. The SMILES string of the molecule is COc1ccc(N2CCN(Cc3cc(OC)c(O)c(OC)c3)CC2)cc1. The maximum Gasteiger partial charge on any atom is 0.200 e. The molecule has 1 fully saturated rings. The fraction of sp³-hybridized carbons (Fsp3) is 0.400. The van der Waals surface area contributed by atoms with E-state index in [-0.39, 0.29) is 5.75 Å². The number of hydrogen-bond acceptors (Lipinski definition) is 6. The molecule has 1 N–H and O–H groups in total. The number of piperazine rings is 1. The van der Waals surface area contributed by atoms with Gasteiger partial charge >= 0.3 is 0 Å². The Balaban J connectivity index is 1.61. The third-order valence-corrected chi connectivity index (χ3v) is 4.76. The van der Waals surface area contributed by atoms with E-state index in [0.29, 0.717) is 11.5 Å². The number of ether oxygens (including phenoxy) is 3. The first-order chi connectivity index (χ1) is 12.6. The van der Waals surface area contributed by atoms with Crippen LogP contribution in [0.4, 0.5) is 5.69 Å². The number of hydrogen-bond donors (Lipinski definition) is 1. The molecule has 0 spiro atoms. The first-order valence-corrected chi connectivity index (χ1v) is 8.70. The fourth-order valence-electron chi connectivity index (χ4n) is 3.25. The molecule has 3 rings (SSSR count). The molecular formula is C20H26N2O4. The third kappa shape index (κ3) is 3.96. The minimum absolute atomic E-state index is 0.0445. The Kier molecular flexibility index (Phi) is 5.73. The molecule has 1 aliphatic heterocycles. The van der Waals surface area contributed by atoms with Gasteiger partial charge in [-0.15, -0.1) is 0 Å². The molecule has 0 aromatic heterocycles. The average Bonchev–Trinajstić information content (AvgIpc) is 2.69. The van der Waals surface area contributed by atoms with E-state index in [1.165, 1.54) is 5.69 Å². The zero-order valence-corrected chi connectivity index (χ0v) is 15.6. The van der Waals surface area contributed by atoms with Crippen molar-refractivity contribution in [1.82, 2.24) is 4.90 Å². The van der Waals surface area contributed by atoms with Crippen LogP contribution in [0.1, 0.15) is 5.56 Å². The highest BCUT2D eigenvalue weighted by Gasteiger charge is 2.19. The highest BCUT2D eigenvalue weighted by Crippen LogP contribution is 2.37. The molecule has 1 aliphatic rings. The molecule has 0 radical (unpaired) electrons. The molecule has 2 aromatic carbocycles. The Morgan fingerprint density at radius 2 is 1.42 bits per heavy atom. The van der Waals surface area contributed by atoms with E-state index in [2.05, 4.69) is 21.9 Å². The van der Waals surface area contributed by atoms with Gasteiger partial charge in [-0.1, -0.05) is 0 Å². The lowest BCUT2D eigenvalue weighted by Gasteiger charge is -2.36. The summed E-state index contributed by atoms with van der Waals surface area (Å²) in [5.74, 6) is 1.80. The van der Waals surface area contributed by atoms with Gasteiger partial charge in [0.15, 0.2) is 11.5 Å². The predicted molar refractivity (Wildman–Crippen MR) is 102 cm³/mol. The standard InChI is InChI=1S/C20H26N2O4/c1-24-17-6-4-16(5-7-17)22-10-8-21(9-11-22)14-15-12-18(25-2)20(23)19(13-15)26-3/h4-7,12-13,23H,8-11,14H2,1-3H3. The van der Waals surface area contributed by atoms with Crippen molar-refractivity contribution in [1.29, 1.82) is 0 Å². The molecule has 0 amide bonds. The first kappa shape index (κ1) is 18.2. The van der Waals surface area contributed by atoms with Crippen molar-refractivity contribution in [2.24, 2.45) is 0 Å². The molecule has 0 unspecified atom stereocenters. The Labute approximate surface area is 154 Å². The van der Waals surface area contributed by atoms with Gasteiger partial charge in [0.25, 0.3) is 0 Å². The van der Waals surface area contributed by atoms with Gasteiger partial charge in [-0.3, -0.25) is 4.90 Å². The van der Waals surface area contributed by atoms with Crippen LogP contribution in [0.2, 0.25) is 0 Å². The van der Waals surface area contributed by atoms with Crippen molar-refractivity contribution < 1.29 is 19.3 Å². The molecule has 6 nitrogen and oxygen atoms in total. The van der Waals surface area contributed by atoms with Crippen LogP contribution in [0.3, 0.4) is 0 Å². The maximum absolute atomic E-state index is 10.0. The van der Waals surface area contributed by atoms with Crippen LogP contribution in [-0.4, -0.2) is 57.5 Å². The minimum Gasteiger partial charge on any atom is -0.502 e. The van der Waals surface area contributed by atoms with Crippen molar-refractivity contribution >= 4 is 5.69 Å². The van der Waals surface area contributed by atoms with Crippen LogP contribution in [0.15, 0.2) is 36.4 Å². The molecule has 2 aromatic rings. The van der Waals surface area contributed by atoms with E-state index in [9.17, 15) is 5.11 Å². The first-order valence-electron chi connectivity index (χ1n) is 8.70. The lowest BCUT2D eigenvalue weighted by molar-refractivity contribution is 0.248. The number of methoxy groups -OCH3 is 3. The third-order valence-electron chi connectivity index (χ3n) is 4.76. The summed E-state index contributed by atoms with van der Waals surface area (Å²) < 4.78 is 15.7. The van der Waals surface area contributed by atoms with Gasteiger partial charge in [0, 0.05) is 38.4 Å². The van der Waals surface area contributed by atoms with Gasteiger partial charge in [0.05, 0.1) is 21.3 Å². The van der Waals surface area contributed by atoms with Crippen molar-refractivity contribution in [2.75, 3.05) is 52.4 Å². The summed E-state index contributed by atoms with van der Waals surface area (Å²) in [6.45, 7) is 4.68. The van der Waals surface area contributed by atoms with E-state index in [1.54, 1.807) is 21.3 Å². The summed E-state index contributed by atoms with van der Waals surface area (Å²) >= 11 is 0. The maximum atomic E-state index is 10.0. The smallest absolute Gasteiger partial charge is 0.200 e. The number of anilines is 1. The average molecular weight is 358 g/mol. The van der Waals surface area contributed by atoms with Crippen LogP contribution < -0.4 is 19.1 Å². The summed E-state index contributed by atoms with van der Waals surface area (Å²) in [5, 5.41) is 10.0. The fourth-order valence-corrected chi connectivity index (χ4v) is 3.25. The monoisotopic (exact) mass is 358 g/mol. The number of phenols is 1. The highest BCUT2D eigenvalue weighted by molar-refractivity contribution is 5.53. The second-order valence-corrected chi connectivity index (χ2v) is 6.31. The van der Waals surface area contributed by atoms with E-state index in [0.717, 1.165) is 44.0 Å². The molecule has 6 heteroatoms. The lowest BCUT2D eigenvalue weighted by atomic mass is 10.1. The molecule has 26 heavy (non-hydrogen) atoms. The van der Waals surface area contributed by atoms with Crippen LogP contribution >= 0.6 is 0 Å². The quantitative estimate of drug-likeness (QED) is 0.857. The lowest BCUT2D eigenvalue weighted by Crippen LogP contribution is -2.45. The summed E-state index contributed by atoms with van der Waals surface area (Å²) in [6.07, 6.45) is 0. The molecule has 0 atom stereocenters. The Hall–Kier alpha value is -2.60. The van der Waals surface area contributed by atoms with E-state index >= 15 is 0 Å². The Morgan fingerprint density at radius 1 is 0.846 bits per heavy atom. The van der Waals surface area contributed by atoms with E-state index in [1.807, 2.05) is 24.3 Å².